The maximum atomic E-state index is 13.4. The summed E-state index contributed by atoms with van der Waals surface area (Å²) in [5.41, 5.74) is 1.47. The van der Waals surface area contributed by atoms with Gasteiger partial charge < -0.3 is 9.69 Å². The summed E-state index contributed by atoms with van der Waals surface area (Å²) in [6.07, 6.45) is 0.749. The number of carbonyl (C=O) groups is 1. The van der Waals surface area contributed by atoms with Gasteiger partial charge in [-0.25, -0.2) is 0 Å². The van der Waals surface area contributed by atoms with Crippen LogP contribution in [0.4, 0.5) is 0 Å². The second-order valence-corrected chi connectivity index (χ2v) is 12.0. The Morgan fingerprint density at radius 2 is 1.51 bits per heavy atom. The van der Waals surface area contributed by atoms with Crippen LogP contribution < -0.4 is 5.30 Å². The molecule has 0 fully saturated rings. The molecule has 0 aliphatic carbocycles. The molecule has 0 spiro atoms. The van der Waals surface area contributed by atoms with Gasteiger partial charge >= 0.3 is 7.60 Å². The summed E-state index contributed by atoms with van der Waals surface area (Å²) in [5, 5.41) is 1.48. The Balaban J connectivity index is 1.63. The lowest BCUT2D eigenvalue weighted by molar-refractivity contribution is -0.108. The van der Waals surface area contributed by atoms with Crippen molar-refractivity contribution >= 4 is 46.1 Å². The van der Waals surface area contributed by atoms with Crippen LogP contribution in [0.2, 0.25) is 0 Å². The lowest BCUT2D eigenvalue weighted by Gasteiger charge is -2.43. The molecule has 1 aliphatic rings. The lowest BCUT2D eigenvalue weighted by Crippen LogP contribution is -2.22. The summed E-state index contributed by atoms with van der Waals surface area (Å²) >= 11 is 0. The van der Waals surface area contributed by atoms with E-state index in [2.05, 4.69) is 0 Å². The highest BCUT2D eigenvalue weighted by Gasteiger charge is 2.40. The van der Waals surface area contributed by atoms with E-state index in [1.54, 1.807) is 66.7 Å². The van der Waals surface area contributed by atoms with Crippen LogP contribution in [0.5, 0.6) is 0 Å². The Labute approximate surface area is 204 Å². The summed E-state index contributed by atoms with van der Waals surface area (Å²) in [4.78, 5) is 23.5. The lowest BCUT2D eigenvalue weighted by atomic mass is 9.87. The standard InChI is InChI=1S/C27H23O6PS/c28-17-23-22-14-6-7-16-25(22)35(31,32)26(27(23)20-10-2-1-3-11-20)18-33-34(29,30)24-15-8-12-19-9-4-5-13-21(19)24/h1-17,23,31-32H,18H2,(H,29,30). The molecular weight excluding hydrogens is 483 g/mol. The third kappa shape index (κ3) is 4.17. The SMILES string of the molecule is O=CC1C(c2ccccc2)=C(COP(=O)(O)c2cccc3ccccc23)S(O)(O)c2ccccc21. The van der Waals surface area contributed by atoms with Crippen LogP contribution in [0.3, 0.4) is 0 Å². The minimum absolute atomic E-state index is 0.0222. The molecule has 0 saturated carbocycles. The van der Waals surface area contributed by atoms with Crippen LogP contribution in [0.15, 0.2) is 107 Å². The Hall–Kier alpha value is -3.03. The number of carbonyl (C=O) groups excluding carboxylic acids is 1. The zero-order valence-corrected chi connectivity index (χ0v) is 20.2. The number of rotatable bonds is 6. The van der Waals surface area contributed by atoms with Gasteiger partial charge in [-0.1, -0.05) is 84.9 Å². The van der Waals surface area contributed by atoms with Crippen molar-refractivity contribution in [2.24, 2.45) is 0 Å². The van der Waals surface area contributed by atoms with Crippen molar-refractivity contribution in [3.63, 3.8) is 0 Å². The van der Waals surface area contributed by atoms with Crippen molar-refractivity contribution in [2.45, 2.75) is 10.8 Å². The Kier molecular flexibility index (Phi) is 6.23. The Bertz CT molecular complexity index is 1490. The van der Waals surface area contributed by atoms with Gasteiger partial charge in [0.25, 0.3) is 0 Å². The predicted molar refractivity (Wildman–Crippen MR) is 139 cm³/mol. The number of fused-ring (bicyclic) bond motifs is 2. The molecule has 3 N–H and O–H groups in total. The molecule has 2 unspecified atom stereocenters. The van der Waals surface area contributed by atoms with Crippen molar-refractivity contribution in [1.82, 2.24) is 0 Å². The number of benzene rings is 4. The van der Waals surface area contributed by atoms with Crippen molar-refractivity contribution < 1.29 is 27.9 Å². The Morgan fingerprint density at radius 1 is 0.857 bits per heavy atom. The van der Waals surface area contributed by atoms with Gasteiger partial charge in [-0.3, -0.25) is 18.2 Å². The topological polar surface area (TPSA) is 104 Å². The summed E-state index contributed by atoms with van der Waals surface area (Å²) in [6.45, 7) is -0.539. The quantitative estimate of drug-likeness (QED) is 0.213. The van der Waals surface area contributed by atoms with Crippen molar-refractivity contribution in [3.05, 3.63) is 113 Å². The van der Waals surface area contributed by atoms with Gasteiger partial charge in [-0.05, 0) is 39.6 Å². The highest BCUT2D eigenvalue weighted by molar-refractivity contribution is 8.27. The van der Waals surface area contributed by atoms with Crippen molar-refractivity contribution in [3.8, 4) is 0 Å². The minimum atomic E-state index is -4.38. The maximum Gasteiger partial charge on any atom is 0.359 e. The van der Waals surface area contributed by atoms with Gasteiger partial charge in [-0.2, -0.15) is 0 Å². The average Bonchev–Trinajstić information content (AvgIpc) is 2.88. The van der Waals surface area contributed by atoms with Crippen LogP contribution in [-0.4, -0.2) is 26.9 Å². The number of hydrogen-bond donors (Lipinski definition) is 3. The molecule has 0 saturated heterocycles. The number of allylic oxidation sites excluding steroid dienone is 1. The van der Waals surface area contributed by atoms with Crippen LogP contribution in [0, 0.1) is 0 Å². The first-order chi connectivity index (χ1) is 16.8. The zero-order valence-electron chi connectivity index (χ0n) is 18.5. The van der Waals surface area contributed by atoms with E-state index in [1.165, 1.54) is 6.07 Å². The largest absolute Gasteiger partial charge is 0.359 e. The molecule has 5 rings (SSSR count). The fourth-order valence-electron chi connectivity index (χ4n) is 4.54. The molecule has 0 amide bonds. The smallest absolute Gasteiger partial charge is 0.321 e. The zero-order chi connectivity index (χ0) is 24.6. The van der Waals surface area contributed by atoms with Crippen molar-refractivity contribution in [2.75, 3.05) is 6.61 Å². The summed E-state index contributed by atoms with van der Waals surface area (Å²) in [5.74, 6) is -0.789. The van der Waals surface area contributed by atoms with Gasteiger partial charge in [0.05, 0.1) is 27.6 Å². The van der Waals surface area contributed by atoms with E-state index < -0.39 is 30.7 Å². The molecule has 1 aliphatic heterocycles. The summed E-state index contributed by atoms with van der Waals surface area (Å²) in [6, 6.07) is 27.7. The molecule has 0 bridgehead atoms. The number of hydrogen-bond acceptors (Lipinski definition) is 5. The molecular formula is C27H23O6PS. The van der Waals surface area contributed by atoms with E-state index in [1.807, 2.05) is 24.3 Å². The molecule has 6 nitrogen and oxygen atoms in total. The Morgan fingerprint density at radius 3 is 2.29 bits per heavy atom. The predicted octanol–water partition coefficient (Wildman–Crippen LogP) is 6.18. The molecule has 0 aromatic heterocycles. The third-order valence-corrected chi connectivity index (χ3v) is 9.67. The van der Waals surface area contributed by atoms with Crippen LogP contribution in [-0.2, 0) is 13.9 Å². The van der Waals surface area contributed by atoms with Crippen LogP contribution in [0.25, 0.3) is 16.3 Å². The number of aldehydes is 1. The third-order valence-electron chi connectivity index (χ3n) is 6.18. The normalized spacial score (nSPS) is 19.6. The van der Waals surface area contributed by atoms with Crippen molar-refractivity contribution in [1.29, 1.82) is 0 Å². The highest BCUT2D eigenvalue weighted by atomic mass is 32.3. The van der Waals surface area contributed by atoms with Gasteiger partial charge in [-0.15, -0.1) is 10.6 Å². The van der Waals surface area contributed by atoms with E-state index in [4.69, 9.17) is 4.52 Å². The molecule has 178 valence electrons. The molecule has 2 atom stereocenters. The molecule has 35 heavy (non-hydrogen) atoms. The molecule has 4 aromatic rings. The molecule has 8 heteroatoms. The van der Waals surface area contributed by atoms with Gasteiger partial charge in [0.2, 0.25) is 0 Å². The summed E-state index contributed by atoms with van der Waals surface area (Å²) in [7, 11) is -7.98. The molecule has 1 heterocycles. The van der Waals surface area contributed by atoms with Gasteiger partial charge in [0.1, 0.15) is 6.29 Å². The fraction of sp³-hybridized carbons (Fsp3) is 0.0741. The van der Waals surface area contributed by atoms with Gasteiger partial charge in [0.15, 0.2) is 0 Å². The maximum absolute atomic E-state index is 13.4. The first kappa shape index (κ1) is 23.7. The first-order valence-corrected chi connectivity index (χ1v) is 14.0. The van der Waals surface area contributed by atoms with E-state index in [0.29, 0.717) is 22.1 Å². The minimum Gasteiger partial charge on any atom is -0.321 e. The monoisotopic (exact) mass is 506 g/mol. The second kappa shape index (κ2) is 9.21. The molecule has 4 aromatic carbocycles. The molecule has 0 radical (unpaired) electrons. The average molecular weight is 507 g/mol. The van der Waals surface area contributed by atoms with Crippen LogP contribution >= 0.6 is 18.2 Å². The van der Waals surface area contributed by atoms with Gasteiger partial charge in [0, 0.05) is 0 Å². The summed E-state index contributed by atoms with van der Waals surface area (Å²) < 4.78 is 41.8. The highest BCUT2D eigenvalue weighted by Crippen LogP contribution is 2.65. The fourth-order valence-corrected chi connectivity index (χ4v) is 7.69. The van der Waals surface area contributed by atoms with E-state index >= 15 is 0 Å². The van der Waals surface area contributed by atoms with E-state index in [0.717, 1.165) is 11.7 Å². The van der Waals surface area contributed by atoms with E-state index in [-0.39, 0.29) is 15.1 Å². The van der Waals surface area contributed by atoms with Crippen LogP contribution in [0.1, 0.15) is 17.0 Å². The van der Waals surface area contributed by atoms with E-state index in [9.17, 15) is 23.4 Å². The second-order valence-electron chi connectivity index (χ2n) is 8.20. The first-order valence-electron chi connectivity index (χ1n) is 10.9.